The Kier molecular flexibility index (Phi) is 3.99. The van der Waals surface area contributed by atoms with Crippen LogP contribution < -0.4 is 5.73 Å². The van der Waals surface area contributed by atoms with Gasteiger partial charge in [0.2, 0.25) is 0 Å². The normalized spacial score (nSPS) is 11.8. The third kappa shape index (κ3) is 2.83. The second-order valence-corrected chi connectivity index (χ2v) is 3.66. The Hall–Kier alpha value is -2.54. The largest absolute Gasteiger partial charge is 0.507 e. The predicted molar refractivity (Wildman–Crippen MR) is 70.6 cm³/mol. The first-order valence-corrected chi connectivity index (χ1v) is 5.58. The van der Waals surface area contributed by atoms with Gasteiger partial charge in [0, 0.05) is 0 Å². The lowest BCUT2D eigenvalue weighted by Gasteiger charge is -2.05. The molecule has 0 radical (unpaired) electrons. The number of azo groups is 2. The number of phenols is 2. The number of hydrogen-bond donors (Lipinski definition) is 3. The van der Waals surface area contributed by atoms with Gasteiger partial charge in [-0.15, -0.1) is 0 Å². The molecular formula is C12H13N5O2. The molecule has 0 aliphatic rings. The number of nitrogens with zero attached hydrogens (tertiary/aromatic N) is 4. The Morgan fingerprint density at radius 3 is 2.63 bits per heavy atom. The molecule has 0 unspecified atom stereocenters. The molecule has 0 amide bonds. The molecule has 98 valence electrons. The van der Waals surface area contributed by atoms with Crippen LogP contribution in [0.3, 0.4) is 0 Å². The molecule has 0 bridgehead atoms. The highest BCUT2D eigenvalue weighted by Crippen LogP contribution is 2.39. The van der Waals surface area contributed by atoms with E-state index < -0.39 is 0 Å². The standard InChI is InChI=1S/C12H13N5O2/c13-6-14-15-7-16-17-9-5-4-8-2-1-3-10(18)11(8)12(9)19/h1-5,18-19H,6-7,13H2. The third-order valence-corrected chi connectivity index (χ3v) is 2.46. The lowest BCUT2D eigenvalue weighted by molar-refractivity contribution is 0.464. The zero-order valence-corrected chi connectivity index (χ0v) is 10.1. The van der Waals surface area contributed by atoms with Crippen molar-refractivity contribution in [1.29, 1.82) is 0 Å². The molecule has 0 spiro atoms. The van der Waals surface area contributed by atoms with Crippen molar-refractivity contribution in [2.75, 3.05) is 13.3 Å². The second-order valence-electron chi connectivity index (χ2n) is 3.66. The van der Waals surface area contributed by atoms with E-state index >= 15 is 0 Å². The molecule has 0 saturated heterocycles. The summed E-state index contributed by atoms with van der Waals surface area (Å²) in [5.41, 5.74) is 5.39. The van der Waals surface area contributed by atoms with Crippen molar-refractivity contribution in [1.82, 2.24) is 0 Å². The van der Waals surface area contributed by atoms with Crippen molar-refractivity contribution in [3.8, 4) is 11.5 Å². The first-order chi connectivity index (χ1) is 9.24. The van der Waals surface area contributed by atoms with Crippen LogP contribution in [0.5, 0.6) is 11.5 Å². The van der Waals surface area contributed by atoms with E-state index in [9.17, 15) is 10.2 Å². The lowest BCUT2D eigenvalue weighted by Crippen LogP contribution is -1.91. The van der Waals surface area contributed by atoms with E-state index in [1.807, 2.05) is 0 Å². The van der Waals surface area contributed by atoms with Crippen LogP contribution in [-0.2, 0) is 0 Å². The molecule has 7 nitrogen and oxygen atoms in total. The van der Waals surface area contributed by atoms with Gasteiger partial charge < -0.3 is 15.9 Å². The summed E-state index contributed by atoms with van der Waals surface area (Å²) in [6.07, 6.45) is 0. The van der Waals surface area contributed by atoms with E-state index in [4.69, 9.17) is 5.73 Å². The summed E-state index contributed by atoms with van der Waals surface area (Å²) in [6, 6.07) is 8.33. The summed E-state index contributed by atoms with van der Waals surface area (Å²) in [6.45, 7) is 0.139. The van der Waals surface area contributed by atoms with Gasteiger partial charge in [-0.3, -0.25) is 0 Å². The quantitative estimate of drug-likeness (QED) is 0.732. The number of hydrogen-bond acceptors (Lipinski definition) is 7. The molecule has 0 aromatic heterocycles. The van der Waals surface area contributed by atoms with Gasteiger partial charge in [0.05, 0.1) is 5.39 Å². The minimum atomic E-state index is -0.116. The Morgan fingerprint density at radius 1 is 1.00 bits per heavy atom. The van der Waals surface area contributed by atoms with Crippen molar-refractivity contribution in [2.24, 2.45) is 26.2 Å². The van der Waals surface area contributed by atoms with Crippen LogP contribution in [-0.4, -0.2) is 23.6 Å². The van der Waals surface area contributed by atoms with Crippen LogP contribution in [0.1, 0.15) is 0 Å². The van der Waals surface area contributed by atoms with Crippen molar-refractivity contribution in [3.63, 3.8) is 0 Å². The molecule has 2 rings (SSSR count). The average Bonchev–Trinajstić information content (AvgIpc) is 2.41. The van der Waals surface area contributed by atoms with Crippen molar-refractivity contribution in [3.05, 3.63) is 30.3 Å². The molecule has 0 saturated carbocycles. The highest BCUT2D eigenvalue weighted by atomic mass is 16.3. The maximum atomic E-state index is 10.0. The van der Waals surface area contributed by atoms with Crippen LogP contribution in [0.25, 0.3) is 10.8 Å². The lowest BCUT2D eigenvalue weighted by atomic mass is 10.1. The minimum absolute atomic E-state index is 0.00475. The summed E-state index contributed by atoms with van der Waals surface area (Å²) in [5, 5.41) is 35.6. The molecule has 0 fully saturated rings. The molecule has 7 heteroatoms. The smallest absolute Gasteiger partial charge is 0.171 e. The minimum Gasteiger partial charge on any atom is -0.507 e. The zero-order valence-electron chi connectivity index (χ0n) is 10.1. The summed E-state index contributed by atoms with van der Waals surface area (Å²) < 4.78 is 0. The maximum absolute atomic E-state index is 10.0. The van der Waals surface area contributed by atoms with Crippen molar-refractivity contribution in [2.45, 2.75) is 0 Å². The van der Waals surface area contributed by atoms with E-state index in [-0.39, 0.29) is 30.5 Å². The Balaban J connectivity index is 2.32. The maximum Gasteiger partial charge on any atom is 0.171 e. The van der Waals surface area contributed by atoms with Crippen molar-refractivity contribution < 1.29 is 10.2 Å². The number of phenolic OH excluding ortho intramolecular Hbond substituents is 2. The van der Waals surface area contributed by atoms with E-state index in [2.05, 4.69) is 20.5 Å². The predicted octanol–water partition coefficient (Wildman–Crippen LogP) is 2.66. The van der Waals surface area contributed by atoms with E-state index in [1.165, 1.54) is 6.07 Å². The molecule has 4 N–H and O–H groups in total. The highest BCUT2D eigenvalue weighted by Gasteiger charge is 2.09. The number of nitrogens with two attached hydrogens (primary N) is 1. The van der Waals surface area contributed by atoms with Gasteiger partial charge in [-0.1, -0.05) is 18.2 Å². The molecule has 0 heterocycles. The SMILES string of the molecule is NCN=NCN=Nc1ccc2cccc(O)c2c1O. The number of benzene rings is 2. The van der Waals surface area contributed by atoms with Crippen LogP contribution in [0.4, 0.5) is 5.69 Å². The van der Waals surface area contributed by atoms with Gasteiger partial charge in [0.25, 0.3) is 0 Å². The van der Waals surface area contributed by atoms with Crippen LogP contribution in [0, 0.1) is 0 Å². The van der Waals surface area contributed by atoms with Gasteiger partial charge in [0.15, 0.2) is 12.4 Å². The molecule has 0 aliphatic carbocycles. The first kappa shape index (κ1) is 12.9. The fraction of sp³-hybridized carbons (Fsp3) is 0.167. The molecule has 2 aromatic rings. The van der Waals surface area contributed by atoms with E-state index in [0.717, 1.165) is 5.39 Å². The number of rotatable bonds is 4. The second kappa shape index (κ2) is 5.87. The summed E-state index contributed by atoms with van der Waals surface area (Å²) in [7, 11) is 0. The van der Waals surface area contributed by atoms with Gasteiger partial charge in [0.1, 0.15) is 18.1 Å². The average molecular weight is 259 g/mol. The zero-order chi connectivity index (χ0) is 13.7. The summed E-state index contributed by atoms with van der Waals surface area (Å²) >= 11 is 0. The number of fused-ring (bicyclic) bond motifs is 1. The molecule has 19 heavy (non-hydrogen) atoms. The summed E-state index contributed by atoms with van der Waals surface area (Å²) in [4.78, 5) is 0. The van der Waals surface area contributed by atoms with Crippen LogP contribution in [0.15, 0.2) is 50.8 Å². The van der Waals surface area contributed by atoms with Gasteiger partial charge >= 0.3 is 0 Å². The van der Waals surface area contributed by atoms with Crippen LogP contribution in [0.2, 0.25) is 0 Å². The fourth-order valence-electron chi connectivity index (χ4n) is 1.65. The Morgan fingerprint density at radius 2 is 1.84 bits per heavy atom. The Bertz CT molecular complexity index is 639. The van der Waals surface area contributed by atoms with E-state index in [1.54, 1.807) is 24.3 Å². The monoisotopic (exact) mass is 259 g/mol. The highest BCUT2D eigenvalue weighted by molar-refractivity contribution is 5.96. The molecule has 2 aromatic carbocycles. The third-order valence-electron chi connectivity index (χ3n) is 2.46. The van der Waals surface area contributed by atoms with Crippen molar-refractivity contribution >= 4 is 16.5 Å². The molecule has 0 atom stereocenters. The first-order valence-electron chi connectivity index (χ1n) is 5.58. The van der Waals surface area contributed by atoms with Gasteiger partial charge in [-0.25, -0.2) is 0 Å². The fourth-order valence-corrected chi connectivity index (χ4v) is 1.65. The van der Waals surface area contributed by atoms with Gasteiger partial charge in [-0.2, -0.15) is 20.5 Å². The summed E-state index contributed by atoms with van der Waals surface area (Å²) in [5.74, 6) is -0.120. The topological polar surface area (TPSA) is 116 Å². The molecular weight excluding hydrogens is 246 g/mol. The Labute approximate surface area is 109 Å². The molecule has 0 aliphatic heterocycles. The number of aromatic hydroxyl groups is 2. The van der Waals surface area contributed by atoms with Crippen LogP contribution >= 0.6 is 0 Å². The van der Waals surface area contributed by atoms with E-state index in [0.29, 0.717) is 5.39 Å². The van der Waals surface area contributed by atoms with Gasteiger partial charge in [-0.05, 0) is 17.5 Å².